The number of aryl methyl sites for hydroxylation is 1. The average molecular weight is 226 g/mol. The van der Waals surface area contributed by atoms with Crippen molar-refractivity contribution in [2.45, 2.75) is 13.8 Å². The Labute approximate surface area is 95.8 Å². The molecule has 0 aromatic heterocycles. The number of carbonyl (C=O) groups excluding carboxylic acids is 1. The maximum absolute atomic E-state index is 12.0. The van der Waals surface area contributed by atoms with Crippen LogP contribution in [0.3, 0.4) is 0 Å². The molecule has 0 fully saturated rings. The topological polar surface area (TPSA) is 20.3 Å². The van der Waals surface area contributed by atoms with E-state index in [0.29, 0.717) is 19.0 Å². The molecule has 1 rings (SSSR count). The molecule has 0 aliphatic carbocycles. The highest BCUT2D eigenvalue weighted by Gasteiger charge is 2.12. The van der Waals surface area contributed by atoms with E-state index in [4.69, 9.17) is 11.6 Å². The van der Waals surface area contributed by atoms with Crippen LogP contribution in [0.4, 0.5) is 0 Å². The molecule has 0 saturated heterocycles. The van der Waals surface area contributed by atoms with E-state index < -0.39 is 0 Å². The first-order valence-corrected chi connectivity index (χ1v) is 5.64. The Morgan fingerprint density at radius 1 is 1.47 bits per heavy atom. The van der Waals surface area contributed by atoms with Crippen LogP contribution < -0.4 is 0 Å². The summed E-state index contributed by atoms with van der Waals surface area (Å²) in [7, 11) is 0. The second-order valence-electron chi connectivity index (χ2n) is 3.44. The monoisotopic (exact) mass is 225 g/mol. The van der Waals surface area contributed by atoms with Crippen molar-refractivity contribution in [3.63, 3.8) is 0 Å². The Balaban J connectivity index is 2.82. The lowest BCUT2D eigenvalue weighted by Gasteiger charge is -2.19. The van der Waals surface area contributed by atoms with Gasteiger partial charge in [0.25, 0.3) is 5.91 Å². The summed E-state index contributed by atoms with van der Waals surface area (Å²) in [6.07, 6.45) is 0. The third-order valence-corrected chi connectivity index (χ3v) is 2.46. The van der Waals surface area contributed by atoms with Gasteiger partial charge in [0.05, 0.1) is 0 Å². The number of rotatable bonds is 4. The Morgan fingerprint density at radius 2 is 2.20 bits per heavy atom. The van der Waals surface area contributed by atoms with Gasteiger partial charge >= 0.3 is 0 Å². The summed E-state index contributed by atoms with van der Waals surface area (Å²) >= 11 is 5.64. The van der Waals surface area contributed by atoms with Crippen LogP contribution in [-0.2, 0) is 0 Å². The van der Waals surface area contributed by atoms with E-state index in [1.807, 2.05) is 38.1 Å². The lowest BCUT2D eigenvalue weighted by molar-refractivity contribution is 0.0774. The number of hydrogen-bond donors (Lipinski definition) is 0. The highest BCUT2D eigenvalue weighted by atomic mass is 35.5. The van der Waals surface area contributed by atoms with E-state index in [1.165, 1.54) is 0 Å². The molecule has 2 nitrogen and oxygen atoms in total. The van der Waals surface area contributed by atoms with E-state index in [2.05, 4.69) is 0 Å². The number of hydrogen-bond acceptors (Lipinski definition) is 1. The normalized spacial score (nSPS) is 10.1. The van der Waals surface area contributed by atoms with E-state index >= 15 is 0 Å². The minimum absolute atomic E-state index is 0.0573. The van der Waals surface area contributed by atoms with Crippen LogP contribution in [-0.4, -0.2) is 29.8 Å². The molecule has 15 heavy (non-hydrogen) atoms. The Morgan fingerprint density at radius 3 is 2.73 bits per heavy atom. The molecule has 0 unspecified atom stereocenters. The van der Waals surface area contributed by atoms with E-state index in [0.717, 1.165) is 11.1 Å². The van der Waals surface area contributed by atoms with Crippen molar-refractivity contribution < 1.29 is 4.79 Å². The van der Waals surface area contributed by atoms with E-state index in [9.17, 15) is 4.79 Å². The SMILES string of the molecule is CCN(CCCl)C(=O)c1cccc(C)c1. The largest absolute Gasteiger partial charge is 0.338 e. The van der Waals surface area contributed by atoms with Gasteiger partial charge in [-0.2, -0.15) is 0 Å². The highest BCUT2D eigenvalue weighted by molar-refractivity contribution is 6.18. The summed E-state index contributed by atoms with van der Waals surface area (Å²) < 4.78 is 0. The molecule has 1 aromatic carbocycles. The van der Waals surface area contributed by atoms with Crippen molar-refractivity contribution in [3.8, 4) is 0 Å². The number of benzene rings is 1. The third-order valence-electron chi connectivity index (χ3n) is 2.29. The van der Waals surface area contributed by atoms with Crippen molar-refractivity contribution in [3.05, 3.63) is 35.4 Å². The quantitative estimate of drug-likeness (QED) is 0.722. The molecule has 0 radical (unpaired) electrons. The molecule has 0 heterocycles. The lowest BCUT2D eigenvalue weighted by Crippen LogP contribution is -2.32. The van der Waals surface area contributed by atoms with Crippen LogP contribution in [0.15, 0.2) is 24.3 Å². The fraction of sp³-hybridized carbons (Fsp3) is 0.417. The van der Waals surface area contributed by atoms with Gasteiger partial charge in [-0.3, -0.25) is 4.79 Å². The molecule has 0 atom stereocenters. The second-order valence-corrected chi connectivity index (χ2v) is 3.82. The molecule has 0 saturated carbocycles. The Hall–Kier alpha value is -1.02. The first-order valence-electron chi connectivity index (χ1n) is 5.11. The minimum Gasteiger partial charge on any atom is -0.338 e. The van der Waals surface area contributed by atoms with Gasteiger partial charge in [0, 0.05) is 24.5 Å². The van der Waals surface area contributed by atoms with Crippen LogP contribution in [0.5, 0.6) is 0 Å². The molecule has 82 valence electrons. The molecule has 0 spiro atoms. The lowest BCUT2D eigenvalue weighted by atomic mass is 10.1. The number of carbonyl (C=O) groups is 1. The number of halogens is 1. The molecule has 1 aromatic rings. The maximum atomic E-state index is 12.0. The van der Waals surface area contributed by atoms with Crippen LogP contribution in [0, 0.1) is 6.92 Å². The molecular formula is C12H16ClNO. The van der Waals surface area contributed by atoms with Crippen molar-refractivity contribution in [1.82, 2.24) is 4.90 Å². The van der Waals surface area contributed by atoms with Gasteiger partial charge in [0.2, 0.25) is 0 Å². The summed E-state index contributed by atoms with van der Waals surface area (Å²) in [4.78, 5) is 13.7. The molecular weight excluding hydrogens is 210 g/mol. The fourth-order valence-corrected chi connectivity index (χ4v) is 1.67. The van der Waals surface area contributed by atoms with Gasteiger partial charge in [-0.15, -0.1) is 11.6 Å². The Bertz CT molecular complexity index is 338. The smallest absolute Gasteiger partial charge is 0.253 e. The molecule has 0 aliphatic rings. The molecule has 1 amide bonds. The summed E-state index contributed by atoms with van der Waals surface area (Å²) in [5, 5.41) is 0. The van der Waals surface area contributed by atoms with Crippen LogP contribution >= 0.6 is 11.6 Å². The average Bonchev–Trinajstić information content (AvgIpc) is 2.25. The molecule has 0 bridgehead atoms. The minimum atomic E-state index is 0.0573. The van der Waals surface area contributed by atoms with E-state index in [1.54, 1.807) is 4.90 Å². The zero-order valence-corrected chi connectivity index (χ0v) is 9.92. The number of alkyl halides is 1. The molecule has 3 heteroatoms. The number of nitrogens with zero attached hydrogens (tertiary/aromatic N) is 1. The van der Waals surface area contributed by atoms with Crippen molar-refractivity contribution >= 4 is 17.5 Å². The van der Waals surface area contributed by atoms with Crippen molar-refractivity contribution in [2.24, 2.45) is 0 Å². The first-order chi connectivity index (χ1) is 7.19. The summed E-state index contributed by atoms with van der Waals surface area (Å²) in [5.41, 5.74) is 1.84. The van der Waals surface area contributed by atoms with Gasteiger partial charge in [-0.25, -0.2) is 0 Å². The van der Waals surface area contributed by atoms with Gasteiger partial charge < -0.3 is 4.90 Å². The fourth-order valence-electron chi connectivity index (χ4n) is 1.47. The first kappa shape index (κ1) is 12.1. The van der Waals surface area contributed by atoms with E-state index in [-0.39, 0.29) is 5.91 Å². The molecule has 0 aliphatic heterocycles. The zero-order valence-electron chi connectivity index (χ0n) is 9.16. The van der Waals surface area contributed by atoms with Gasteiger partial charge in [0.1, 0.15) is 0 Å². The van der Waals surface area contributed by atoms with Gasteiger partial charge in [-0.05, 0) is 26.0 Å². The van der Waals surface area contributed by atoms with Crippen LogP contribution in [0.1, 0.15) is 22.8 Å². The number of amides is 1. The highest BCUT2D eigenvalue weighted by Crippen LogP contribution is 2.07. The molecule has 0 N–H and O–H groups in total. The summed E-state index contributed by atoms with van der Waals surface area (Å²) in [6, 6.07) is 7.62. The predicted molar refractivity (Wildman–Crippen MR) is 63.5 cm³/mol. The zero-order chi connectivity index (χ0) is 11.3. The Kier molecular flexibility index (Phi) is 4.63. The standard InChI is InChI=1S/C12H16ClNO/c1-3-14(8-7-13)12(15)11-6-4-5-10(2)9-11/h4-6,9H,3,7-8H2,1-2H3. The summed E-state index contributed by atoms with van der Waals surface area (Å²) in [5.74, 6) is 0.535. The van der Waals surface area contributed by atoms with Crippen molar-refractivity contribution in [2.75, 3.05) is 19.0 Å². The van der Waals surface area contributed by atoms with Crippen molar-refractivity contribution in [1.29, 1.82) is 0 Å². The summed E-state index contributed by atoms with van der Waals surface area (Å²) in [6.45, 7) is 5.24. The third kappa shape index (κ3) is 3.24. The van der Waals surface area contributed by atoms with Gasteiger partial charge in [0.15, 0.2) is 0 Å². The maximum Gasteiger partial charge on any atom is 0.253 e. The van der Waals surface area contributed by atoms with Gasteiger partial charge in [-0.1, -0.05) is 17.7 Å². The van der Waals surface area contributed by atoms with Crippen LogP contribution in [0.2, 0.25) is 0 Å². The predicted octanol–water partition coefficient (Wildman–Crippen LogP) is 2.70. The van der Waals surface area contributed by atoms with Crippen LogP contribution in [0.25, 0.3) is 0 Å². The second kappa shape index (κ2) is 5.76.